The summed E-state index contributed by atoms with van der Waals surface area (Å²) in [6.45, 7) is 1.41. The van der Waals surface area contributed by atoms with E-state index in [1.807, 2.05) is 19.0 Å². The van der Waals surface area contributed by atoms with Crippen LogP contribution in [0.1, 0.15) is 18.4 Å². The highest BCUT2D eigenvalue weighted by molar-refractivity contribution is 6.02. The summed E-state index contributed by atoms with van der Waals surface area (Å²) < 4.78 is 0. The van der Waals surface area contributed by atoms with E-state index in [0.717, 1.165) is 0 Å². The number of hydrogen-bond acceptors (Lipinski definition) is 7. The smallest absolute Gasteiger partial charge is 0.431 e. The van der Waals surface area contributed by atoms with Gasteiger partial charge in [-0.2, -0.15) is 5.48 Å². The number of nitrogens with one attached hydrogen (secondary N) is 5. The number of hydrogen-bond donors (Lipinski definition) is 6. The molecule has 1 heterocycles. The molecule has 0 spiro atoms. The fourth-order valence-electron chi connectivity index (χ4n) is 2.94. The molecule has 2 rings (SSSR count). The number of amides is 4. The molecule has 13 nitrogen and oxygen atoms in total. The van der Waals surface area contributed by atoms with E-state index in [1.165, 1.54) is 4.90 Å². The highest BCUT2D eigenvalue weighted by Crippen LogP contribution is 2.22. The van der Waals surface area contributed by atoms with Crippen molar-refractivity contribution in [2.75, 3.05) is 45.2 Å². The third kappa shape index (κ3) is 8.29. The van der Waals surface area contributed by atoms with Crippen LogP contribution in [0.5, 0.6) is 0 Å². The van der Waals surface area contributed by atoms with Crippen LogP contribution in [0.15, 0.2) is 24.3 Å². The van der Waals surface area contributed by atoms with Gasteiger partial charge in [-0.05, 0) is 44.8 Å². The van der Waals surface area contributed by atoms with Gasteiger partial charge in [0.1, 0.15) is 6.04 Å². The van der Waals surface area contributed by atoms with Crippen molar-refractivity contribution in [1.29, 1.82) is 5.41 Å². The topological polar surface area (TPSA) is 176 Å². The standard InChI is InChI=1S/C20H29N7O6/c1-26(2)12-10-23-20(32)33-25-17(21)13-3-5-14(6-4-13)27-11-8-15(18(27)30)24-19(31)22-9-7-16(28)29/h3-6,15H,7-12H2,1-2H3,(H2,21,25)(H,23,32)(H,28,29)(H2,22,24,31)/t15-/m0/s1. The second kappa shape index (κ2) is 12.2. The predicted octanol–water partition coefficient (Wildman–Crippen LogP) is -0.316. The van der Waals surface area contributed by atoms with E-state index in [4.69, 9.17) is 15.4 Å². The number of nitrogens with zero attached hydrogens (tertiary/aromatic N) is 2. The van der Waals surface area contributed by atoms with Crippen molar-refractivity contribution in [3.8, 4) is 0 Å². The largest absolute Gasteiger partial charge is 0.481 e. The highest BCUT2D eigenvalue weighted by Gasteiger charge is 2.33. The molecule has 1 aromatic carbocycles. The molecule has 4 amide bonds. The fourth-order valence-corrected chi connectivity index (χ4v) is 2.94. The number of carbonyl (C=O) groups is 4. The molecule has 0 aliphatic carbocycles. The zero-order chi connectivity index (χ0) is 24.4. The number of benzene rings is 1. The molecule has 1 aromatic rings. The van der Waals surface area contributed by atoms with Crippen LogP contribution in [0.2, 0.25) is 0 Å². The van der Waals surface area contributed by atoms with E-state index >= 15 is 0 Å². The van der Waals surface area contributed by atoms with Gasteiger partial charge in [0.05, 0.1) is 6.42 Å². The summed E-state index contributed by atoms with van der Waals surface area (Å²) in [4.78, 5) is 54.7. The second-order valence-corrected chi connectivity index (χ2v) is 7.52. The minimum Gasteiger partial charge on any atom is -0.481 e. The number of anilines is 1. The van der Waals surface area contributed by atoms with Crippen molar-refractivity contribution in [2.24, 2.45) is 0 Å². The van der Waals surface area contributed by atoms with E-state index in [-0.39, 0.29) is 24.7 Å². The molecule has 13 heteroatoms. The SMILES string of the molecule is CN(C)CCNC(=O)ONC(=N)c1ccc(N2CC[C@H](NC(=O)NCCC(=O)O)C2=O)cc1. The maximum absolute atomic E-state index is 12.6. The summed E-state index contributed by atoms with van der Waals surface area (Å²) in [6.07, 6.45) is -0.506. The summed E-state index contributed by atoms with van der Waals surface area (Å²) in [5.74, 6) is -1.45. The van der Waals surface area contributed by atoms with Crippen LogP contribution in [0.3, 0.4) is 0 Å². The summed E-state index contributed by atoms with van der Waals surface area (Å²) in [5, 5.41) is 24.1. The first-order valence-corrected chi connectivity index (χ1v) is 10.3. The van der Waals surface area contributed by atoms with E-state index < -0.39 is 24.1 Å². The van der Waals surface area contributed by atoms with Gasteiger partial charge in [-0.25, -0.2) is 9.59 Å². The zero-order valence-corrected chi connectivity index (χ0v) is 18.5. The highest BCUT2D eigenvalue weighted by atomic mass is 16.7. The number of rotatable bonds is 9. The summed E-state index contributed by atoms with van der Waals surface area (Å²) >= 11 is 0. The first-order chi connectivity index (χ1) is 15.7. The molecule has 0 aromatic heterocycles. The lowest BCUT2D eigenvalue weighted by molar-refractivity contribution is -0.136. The quantitative estimate of drug-likeness (QED) is 0.164. The Morgan fingerprint density at radius 3 is 2.52 bits per heavy atom. The molecule has 1 fully saturated rings. The number of hydroxylamine groups is 1. The summed E-state index contributed by atoms with van der Waals surface area (Å²) in [7, 11) is 3.75. The fraction of sp³-hybridized carbons (Fsp3) is 0.450. The Kier molecular flexibility index (Phi) is 9.42. The van der Waals surface area contributed by atoms with E-state index in [9.17, 15) is 19.2 Å². The van der Waals surface area contributed by atoms with Crippen LogP contribution >= 0.6 is 0 Å². The van der Waals surface area contributed by atoms with Gasteiger partial charge in [0, 0.05) is 37.4 Å². The van der Waals surface area contributed by atoms with Gasteiger partial charge in [0.25, 0.3) is 0 Å². The van der Waals surface area contributed by atoms with Gasteiger partial charge in [-0.3, -0.25) is 15.0 Å². The number of carbonyl (C=O) groups excluding carboxylic acids is 3. The van der Waals surface area contributed by atoms with Crippen molar-refractivity contribution >= 4 is 35.5 Å². The molecule has 1 aliphatic heterocycles. The average Bonchev–Trinajstić information content (AvgIpc) is 3.11. The van der Waals surface area contributed by atoms with Crippen molar-refractivity contribution in [2.45, 2.75) is 18.9 Å². The molecule has 0 bridgehead atoms. The molecule has 180 valence electrons. The zero-order valence-electron chi connectivity index (χ0n) is 18.5. The Morgan fingerprint density at radius 2 is 1.88 bits per heavy atom. The Bertz CT molecular complexity index is 874. The Balaban J connectivity index is 1.81. The van der Waals surface area contributed by atoms with E-state index in [2.05, 4.69) is 21.4 Å². The third-order valence-corrected chi connectivity index (χ3v) is 4.68. The van der Waals surface area contributed by atoms with E-state index in [0.29, 0.717) is 37.3 Å². The van der Waals surface area contributed by atoms with Crippen LogP contribution in [-0.2, 0) is 14.4 Å². The minimum absolute atomic E-state index is 0.0330. The van der Waals surface area contributed by atoms with Gasteiger partial charge in [-0.15, -0.1) is 0 Å². The van der Waals surface area contributed by atoms with Crippen molar-refractivity contribution in [3.63, 3.8) is 0 Å². The molecule has 0 saturated carbocycles. The van der Waals surface area contributed by atoms with Gasteiger partial charge < -0.3 is 35.7 Å². The van der Waals surface area contributed by atoms with Crippen LogP contribution in [-0.4, -0.2) is 86.2 Å². The lowest BCUT2D eigenvalue weighted by Gasteiger charge is -2.18. The van der Waals surface area contributed by atoms with Crippen LogP contribution in [0.4, 0.5) is 15.3 Å². The average molecular weight is 463 g/mol. The number of urea groups is 1. The third-order valence-electron chi connectivity index (χ3n) is 4.68. The van der Waals surface area contributed by atoms with Crippen molar-refractivity contribution in [3.05, 3.63) is 29.8 Å². The van der Waals surface area contributed by atoms with Crippen LogP contribution < -0.4 is 26.3 Å². The molecule has 1 saturated heterocycles. The number of carboxylic acids is 1. The Hall–Kier alpha value is -3.87. The molecule has 0 radical (unpaired) electrons. The molecular formula is C20H29N7O6. The molecule has 33 heavy (non-hydrogen) atoms. The lowest BCUT2D eigenvalue weighted by Crippen LogP contribution is -2.46. The van der Waals surface area contributed by atoms with Gasteiger partial charge >= 0.3 is 18.1 Å². The van der Waals surface area contributed by atoms with Gasteiger partial charge in [0.2, 0.25) is 5.91 Å². The molecule has 0 unspecified atom stereocenters. The van der Waals surface area contributed by atoms with Crippen LogP contribution in [0, 0.1) is 5.41 Å². The molecule has 6 N–H and O–H groups in total. The van der Waals surface area contributed by atoms with Crippen LogP contribution in [0.25, 0.3) is 0 Å². The van der Waals surface area contributed by atoms with Gasteiger partial charge in [-0.1, -0.05) is 0 Å². The maximum atomic E-state index is 12.6. The first-order valence-electron chi connectivity index (χ1n) is 10.3. The molecule has 1 aliphatic rings. The predicted molar refractivity (Wildman–Crippen MR) is 119 cm³/mol. The number of amidine groups is 1. The van der Waals surface area contributed by atoms with Gasteiger partial charge in [0.15, 0.2) is 5.84 Å². The number of aliphatic carboxylic acids is 1. The van der Waals surface area contributed by atoms with Crippen molar-refractivity contribution < 1.29 is 29.1 Å². The molecular weight excluding hydrogens is 434 g/mol. The number of likely N-dealkylation sites (N-methyl/N-ethyl adjacent to an activating group) is 1. The molecule has 1 atom stereocenters. The number of carboxylic acid groups (broad SMARTS) is 1. The maximum Gasteiger partial charge on any atom is 0.431 e. The first kappa shape index (κ1) is 25.4. The lowest BCUT2D eigenvalue weighted by atomic mass is 10.2. The monoisotopic (exact) mass is 463 g/mol. The summed E-state index contributed by atoms with van der Waals surface area (Å²) in [5.41, 5.74) is 3.31. The Labute approximate surface area is 190 Å². The second-order valence-electron chi connectivity index (χ2n) is 7.52. The van der Waals surface area contributed by atoms with E-state index in [1.54, 1.807) is 24.3 Å². The Morgan fingerprint density at radius 1 is 1.18 bits per heavy atom. The minimum atomic E-state index is -1.03. The summed E-state index contributed by atoms with van der Waals surface area (Å²) in [6, 6.07) is 5.19. The van der Waals surface area contributed by atoms with Crippen molar-refractivity contribution in [1.82, 2.24) is 26.3 Å². The normalized spacial score (nSPS) is 15.2.